The minimum Gasteiger partial charge on any atom is -0.355 e. The van der Waals surface area contributed by atoms with Gasteiger partial charge in [-0.2, -0.15) is 0 Å². The molecule has 140 valence electrons. The minimum absolute atomic E-state index is 0. The number of carbonyl (C=O) groups is 1. The van der Waals surface area contributed by atoms with Gasteiger partial charge in [0.15, 0.2) is 0 Å². The number of thiophene rings is 1. The molecule has 1 aromatic rings. The summed E-state index contributed by atoms with van der Waals surface area (Å²) in [6.07, 6.45) is 2.15. The van der Waals surface area contributed by atoms with Crippen molar-refractivity contribution in [2.75, 3.05) is 19.6 Å². The molecule has 6 nitrogen and oxygen atoms in total. The zero-order valence-electron chi connectivity index (χ0n) is 14.4. The van der Waals surface area contributed by atoms with E-state index in [1.165, 1.54) is 11.3 Å². The van der Waals surface area contributed by atoms with Crippen LogP contribution in [0.4, 0.5) is 0 Å². The Hall–Kier alpha value is -0.670. The summed E-state index contributed by atoms with van der Waals surface area (Å²) in [7, 11) is -3.44. The van der Waals surface area contributed by atoms with Crippen molar-refractivity contribution in [3.8, 4) is 0 Å². The van der Waals surface area contributed by atoms with Crippen LogP contribution in [0.25, 0.3) is 0 Å². The standard InChI is InChI=1S/C15H27N3O3S2.ClH/c1-15(2,3)14(19)17-11-8-12-6-7-13(22-12)23(20,21)18-10-5-4-9-16;/h6-7,18H,4-5,8-11,16H2,1-3H3,(H,17,19);1H. The molecule has 0 spiro atoms. The van der Waals surface area contributed by atoms with Crippen LogP contribution < -0.4 is 15.8 Å². The molecule has 0 saturated carbocycles. The molecule has 1 heterocycles. The Morgan fingerprint density at radius 3 is 2.46 bits per heavy atom. The van der Waals surface area contributed by atoms with E-state index < -0.39 is 15.4 Å². The first-order valence-electron chi connectivity index (χ1n) is 7.73. The summed E-state index contributed by atoms with van der Waals surface area (Å²) in [6.45, 7) is 7.02. The number of nitrogens with one attached hydrogen (secondary N) is 2. The van der Waals surface area contributed by atoms with Crippen molar-refractivity contribution in [1.82, 2.24) is 10.0 Å². The highest BCUT2D eigenvalue weighted by atomic mass is 35.5. The molecule has 4 N–H and O–H groups in total. The van der Waals surface area contributed by atoms with Crippen LogP contribution in [0.1, 0.15) is 38.5 Å². The van der Waals surface area contributed by atoms with Gasteiger partial charge in [-0.3, -0.25) is 4.79 Å². The third kappa shape index (κ3) is 7.94. The number of nitrogens with two attached hydrogens (primary N) is 1. The number of carbonyl (C=O) groups excluding carboxylic acids is 1. The van der Waals surface area contributed by atoms with Gasteiger partial charge in [-0.1, -0.05) is 20.8 Å². The molecule has 0 aliphatic carbocycles. The zero-order valence-corrected chi connectivity index (χ0v) is 16.9. The number of rotatable bonds is 9. The first kappa shape index (κ1) is 23.3. The molecule has 24 heavy (non-hydrogen) atoms. The van der Waals surface area contributed by atoms with Crippen molar-refractivity contribution in [1.29, 1.82) is 0 Å². The molecule has 0 atom stereocenters. The summed E-state index contributed by atoms with van der Waals surface area (Å²) in [5, 5.41) is 2.86. The van der Waals surface area contributed by atoms with E-state index in [0.717, 1.165) is 17.7 Å². The molecule has 0 unspecified atom stereocenters. The fourth-order valence-electron chi connectivity index (χ4n) is 1.75. The molecular formula is C15H28ClN3O3S2. The highest BCUT2D eigenvalue weighted by Gasteiger charge is 2.20. The maximum absolute atomic E-state index is 12.1. The topological polar surface area (TPSA) is 101 Å². The molecule has 0 saturated heterocycles. The van der Waals surface area contributed by atoms with Crippen LogP contribution in [0, 0.1) is 5.41 Å². The number of hydrogen-bond acceptors (Lipinski definition) is 5. The molecule has 1 amide bonds. The molecule has 0 bridgehead atoms. The maximum Gasteiger partial charge on any atom is 0.250 e. The van der Waals surface area contributed by atoms with Crippen LogP contribution in [0.15, 0.2) is 16.3 Å². The zero-order chi connectivity index (χ0) is 17.5. The minimum atomic E-state index is -3.44. The Labute approximate surface area is 155 Å². The molecule has 9 heteroatoms. The van der Waals surface area contributed by atoms with Crippen LogP contribution in [0.3, 0.4) is 0 Å². The number of halogens is 1. The highest BCUT2D eigenvalue weighted by molar-refractivity contribution is 7.91. The Bertz CT molecular complexity index is 610. The van der Waals surface area contributed by atoms with Gasteiger partial charge in [-0.05, 0) is 37.9 Å². The number of unbranched alkanes of at least 4 members (excludes halogenated alkanes) is 1. The molecule has 0 aromatic carbocycles. The van der Waals surface area contributed by atoms with E-state index in [1.807, 2.05) is 20.8 Å². The monoisotopic (exact) mass is 397 g/mol. The molecule has 0 aliphatic rings. The molecule has 1 rings (SSSR count). The summed E-state index contributed by atoms with van der Waals surface area (Å²) in [5.41, 5.74) is 4.96. The third-order valence-corrected chi connectivity index (χ3v) is 6.26. The van der Waals surface area contributed by atoms with Gasteiger partial charge in [0.25, 0.3) is 0 Å². The van der Waals surface area contributed by atoms with Crippen molar-refractivity contribution in [2.24, 2.45) is 11.1 Å². The molecule has 1 aromatic heterocycles. The van der Waals surface area contributed by atoms with Gasteiger partial charge >= 0.3 is 0 Å². The largest absolute Gasteiger partial charge is 0.355 e. The Morgan fingerprint density at radius 2 is 1.88 bits per heavy atom. The second kappa shape index (κ2) is 10.4. The lowest BCUT2D eigenvalue weighted by molar-refractivity contribution is -0.128. The summed E-state index contributed by atoms with van der Waals surface area (Å²) in [4.78, 5) is 12.7. The number of sulfonamides is 1. The average molecular weight is 398 g/mol. The van der Waals surface area contributed by atoms with Gasteiger partial charge in [-0.15, -0.1) is 23.7 Å². The third-order valence-electron chi connectivity index (χ3n) is 3.16. The summed E-state index contributed by atoms with van der Waals surface area (Å²) in [5.74, 6) is -0.0107. The van der Waals surface area contributed by atoms with E-state index in [1.54, 1.807) is 12.1 Å². The second-order valence-electron chi connectivity index (χ2n) is 6.37. The fourth-order valence-corrected chi connectivity index (χ4v) is 4.22. The lowest BCUT2D eigenvalue weighted by Gasteiger charge is -2.17. The maximum atomic E-state index is 12.1. The summed E-state index contributed by atoms with van der Waals surface area (Å²) >= 11 is 1.24. The fraction of sp³-hybridized carbons (Fsp3) is 0.667. The van der Waals surface area contributed by atoms with Crippen molar-refractivity contribution in [3.63, 3.8) is 0 Å². The number of amides is 1. The summed E-state index contributed by atoms with van der Waals surface area (Å²) in [6, 6.07) is 3.40. The second-order valence-corrected chi connectivity index (χ2v) is 9.53. The smallest absolute Gasteiger partial charge is 0.250 e. The van der Waals surface area contributed by atoms with Crippen molar-refractivity contribution in [3.05, 3.63) is 17.0 Å². The van der Waals surface area contributed by atoms with E-state index in [-0.39, 0.29) is 18.3 Å². The quantitative estimate of drug-likeness (QED) is 0.554. The predicted molar refractivity (Wildman–Crippen MR) is 101 cm³/mol. The SMILES string of the molecule is CC(C)(C)C(=O)NCCc1ccc(S(=O)(=O)NCCCCN)s1.Cl. The Morgan fingerprint density at radius 1 is 1.21 bits per heavy atom. The van der Waals surface area contributed by atoms with Crippen LogP contribution >= 0.6 is 23.7 Å². The molecule has 0 fully saturated rings. The van der Waals surface area contributed by atoms with E-state index in [4.69, 9.17) is 5.73 Å². The van der Waals surface area contributed by atoms with Crippen molar-refractivity contribution >= 4 is 39.7 Å². The van der Waals surface area contributed by atoms with E-state index in [2.05, 4.69) is 10.0 Å². The van der Waals surface area contributed by atoms with Gasteiger partial charge < -0.3 is 11.1 Å². The lowest BCUT2D eigenvalue weighted by Crippen LogP contribution is -2.35. The van der Waals surface area contributed by atoms with E-state index in [0.29, 0.717) is 30.3 Å². The van der Waals surface area contributed by atoms with Crippen LogP contribution in [0.2, 0.25) is 0 Å². The molecule has 0 radical (unpaired) electrons. The number of hydrogen-bond donors (Lipinski definition) is 3. The van der Waals surface area contributed by atoms with Crippen LogP contribution in [-0.4, -0.2) is 34.0 Å². The van der Waals surface area contributed by atoms with Gasteiger partial charge in [0, 0.05) is 23.4 Å². The van der Waals surface area contributed by atoms with Gasteiger partial charge in [-0.25, -0.2) is 13.1 Å². The van der Waals surface area contributed by atoms with E-state index in [9.17, 15) is 13.2 Å². The molecule has 0 aliphatic heterocycles. The first-order valence-corrected chi connectivity index (χ1v) is 10.0. The normalized spacial score (nSPS) is 11.8. The van der Waals surface area contributed by atoms with Crippen molar-refractivity contribution in [2.45, 2.75) is 44.2 Å². The summed E-state index contributed by atoms with van der Waals surface area (Å²) < 4.78 is 27.1. The van der Waals surface area contributed by atoms with E-state index >= 15 is 0 Å². The highest BCUT2D eigenvalue weighted by Crippen LogP contribution is 2.22. The van der Waals surface area contributed by atoms with Gasteiger partial charge in [0.2, 0.25) is 15.9 Å². The van der Waals surface area contributed by atoms with Gasteiger partial charge in [0.1, 0.15) is 4.21 Å². The van der Waals surface area contributed by atoms with Gasteiger partial charge in [0.05, 0.1) is 0 Å². The Kier molecular flexibility index (Phi) is 10.1. The lowest BCUT2D eigenvalue weighted by atomic mass is 9.96. The first-order chi connectivity index (χ1) is 10.7. The Balaban J connectivity index is 0.00000529. The van der Waals surface area contributed by atoms with Crippen LogP contribution in [0.5, 0.6) is 0 Å². The van der Waals surface area contributed by atoms with Crippen LogP contribution in [-0.2, 0) is 21.2 Å². The molecular weight excluding hydrogens is 370 g/mol. The average Bonchev–Trinajstić information content (AvgIpc) is 2.92. The van der Waals surface area contributed by atoms with Crippen molar-refractivity contribution < 1.29 is 13.2 Å². The predicted octanol–water partition coefficient (Wildman–Crippen LogP) is 1.89.